The van der Waals surface area contributed by atoms with Crippen molar-refractivity contribution in [2.45, 2.75) is 45.0 Å². The van der Waals surface area contributed by atoms with Gasteiger partial charge < -0.3 is 5.73 Å². The first kappa shape index (κ1) is 15.1. The van der Waals surface area contributed by atoms with Crippen LogP contribution in [-0.4, -0.2) is 14.5 Å². The first-order chi connectivity index (χ1) is 8.46. The predicted octanol–water partition coefficient (Wildman–Crippen LogP) is 1.75. The van der Waals surface area contributed by atoms with Crippen molar-refractivity contribution >= 4 is 10.0 Å². The monoisotopic (exact) mass is 270 g/mol. The molecule has 102 valence electrons. The molecule has 1 aromatic carbocycles. The van der Waals surface area contributed by atoms with E-state index in [0.29, 0.717) is 6.54 Å². The quantitative estimate of drug-likeness (QED) is 0.793. The molecule has 0 spiro atoms. The van der Waals surface area contributed by atoms with Gasteiger partial charge in [-0.1, -0.05) is 37.6 Å². The molecule has 0 aromatic heterocycles. The minimum absolute atomic E-state index is 0.00882. The van der Waals surface area contributed by atoms with Gasteiger partial charge in [0, 0.05) is 12.6 Å². The number of benzene rings is 1. The van der Waals surface area contributed by atoms with Crippen LogP contribution in [0.15, 0.2) is 24.3 Å². The highest BCUT2D eigenvalue weighted by atomic mass is 32.2. The average molecular weight is 270 g/mol. The van der Waals surface area contributed by atoms with Gasteiger partial charge in [-0.3, -0.25) is 0 Å². The summed E-state index contributed by atoms with van der Waals surface area (Å²) in [4.78, 5) is 0. The molecule has 0 bridgehead atoms. The average Bonchev–Trinajstić information content (AvgIpc) is 2.28. The van der Waals surface area contributed by atoms with Crippen molar-refractivity contribution in [3.63, 3.8) is 0 Å². The van der Waals surface area contributed by atoms with Crippen molar-refractivity contribution in [2.75, 3.05) is 0 Å². The summed E-state index contributed by atoms with van der Waals surface area (Å²) in [5.41, 5.74) is 7.26. The lowest BCUT2D eigenvalue weighted by molar-refractivity contribution is 0.543. The first-order valence-corrected chi connectivity index (χ1v) is 7.90. The molecule has 0 aliphatic carbocycles. The molecule has 0 heterocycles. The zero-order valence-corrected chi connectivity index (χ0v) is 11.8. The van der Waals surface area contributed by atoms with Gasteiger partial charge in [-0.05, 0) is 24.5 Å². The Morgan fingerprint density at radius 2 is 2.00 bits per heavy atom. The number of hydrogen-bond donors (Lipinski definition) is 2. The van der Waals surface area contributed by atoms with Crippen molar-refractivity contribution in [1.29, 1.82) is 0 Å². The number of nitrogens with one attached hydrogen (secondary N) is 1. The van der Waals surface area contributed by atoms with Crippen LogP contribution in [0, 0.1) is 0 Å². The fourth-order valence-electron chi connectivity index (χ4n) is 1.91. The first-order valence-electron chi connectivity index (χ1n) is 6.24. The van der Waals surface area contributed by atoms with Crippen LogP contribution in [0.4, 0.5) is 0 Å². The van der Waals surface area contributed by atoms with Gasteiger partial charge >= 0.3 is 0 Å². The second-order valence-electron chi connectivity index (χ2n) is 4.59. The molecular weight excluding hydrogens is 248 g/mol. The molecule has 0 radical (unpaired) electrons. The zero-order chi connectivity index (χ0) is 13.6. The molecule has 1 aromatic rings. The molecule has 0 saturated heterocycles. The molecular formula is C13H22N2O2S. The summed E-state index contributed by atoms with van der Waals surface area (Å²) >= 11 is 0. The van der Waals surface area contributed by atoms with Crippen molar-refractivity contribution < 1.29 is 8.42 Å². The maximum atomic E-state index is 11.9. The van der Waals surface area contributed by atoms with Crippen molar-refractivity contribution in [3.8, 4) is 0 Å². The van der Waals surface area contributed by atoms with E-state index in [0.717, 1.165) is 24.0 Å². The summed E-state index contributed by atoms with van der Waals surface area (Å²) in [5, 5.41) is 0. The fraction of sp³-hybridized carbons (Fsp3) is 0.538. The van der Waals surface area contributed by atoms with E-state index in [4.69, 9.17) is 5.73 Å². The number of rotatable bonds is 7. The zero-order valence-electron chi connectivity index (χ0n) is 11.0. The Balaban J connectivity index is 2.70. The SMILES string of the molecule is CCCC(C)NS(=O)(=O)Cc1cccc(CN)c1. The van der Waals surface area contributed by atoms with Gasteiger partial charge in [0.2, 0.25) is 10.0 Å². The summed E-state index contributed by atoms with van der Waals surface area (Å²) in [5.74, 6) is 0.00882. The van der Waals surface area contributed by atoms with E-state index in [-0.39, 0.29) is 11.8 Å². The Labute approximate surface area is 110 Å². The maximum absolute atomic E-state index is 11.9. The van der Waals surface area contributed by atoms with Crippen LogP contribution in [0.1, 0.15) is 37.8 Å². The van der Waals surface area contributed by atoms with Gasteiger partial charge in [0.25, 0.3) is 0 Å². The third-order valence-corrected chi connectivity index (χ3v) is 4.16. The number of sulfonamides is 1. The normalized spacial score (nSPS) is 13.5. The molecule has 1 unspecified atom stereocenters. The molecule has 0 fully saturated rings. The minimum atomic E-state index is -3.27. The summed E-state index contributed by atoms with van der Waals surface area (Å²) in [7, 11) is -3.27. The summed E-state index contributed by atoms with van der Waals surface area (Å²) in [6.07, 6.45) is 1.81. The van der Waals surface area contributed by atoms with Gasteiger partial charge in [0.1, 0.15) is 0 Å². The largest absolute Gasteiger partial charge is 0.326 e. The molecule has 0 aliphatic rings. The highest BCUT2D eigenvalue weighted by Gasteiger charge is 2.14. The van der Waals surface area contributed by atoms with Crippen LogP contribution in [0.3, 0.4) is 0 Å². The Bertz CT molecular complexity index is 472. The van der Waals surface area contributed by atoms with Crippen LogP contribution in [0.5, 0.6) is 0 Å². The predicted molar refractivity (Wildman–Crippen MR) is 74.5 cm³/mol. The van der Waals surface area contributed by atoms with Crippen molar-refractivity contribution in [3.05, 3.63) is 35.4 Å². The standard InChI is InChI=1S/C13H22N2O2S/c1-3-5-11(2)15-18(16,17)10-13-7-4-6-12(8-13)9-14/h4,6-8,11,15H,3,5,9-10,14H2,1-2H3. The van der Waals surface area contributed by atoms with E-state index < -0.39 is 10.0 Å². The fourth-order valence-corrected chi connectivity index (χ4v) is 3.34. The summed E-state index contributed by atoms with van der Waals surface area (Å²) < 4.78 is 26.6. The van der Waals surface area contributed by atoms with E-state index in [9.17, 15) is 8.42 Å². The Kier molecular flexibility index (Phi) is 5.78. The van der Waals surface area contributed by atoms with Crippen LogP contribution in [-0.2, 0) is 22.3 Å². The van der Waals surface area contributed by atoms with Crippen LogP contribution >= 0.6 is 0 Å². The Morgan fingerprint density at radius 1 is 1.33 bits per heavy atom. The molecule has 0 aliphatic heterocycles. The van der Waals surface area contributed by atoms with E-state index in [2.05, 4.69) is 4.72 Å². The molecule has 0 saturated carbocycles. The van der Waals surface area contributed by atoms with Gasteiger partial charge in [0.05, 0.1) is 5.75 Å². The summed E-state index contributed by atoms with van der Waals surface area (Å²) in [6.45, 7) is 4.35. The molecule has 4 nitrogen and oxygen atoms in total. The molecule has 5 heteroatoms. The Morgan fingerprint density at radius 3 is 2.61 bits per heavy atom. The molecule has 1 atom stereocenters. The second kappa shape index (κ2) is 6.87. The van der Waals surface area contributed by atoms with Crippen molar-refractivity contribution in [1.82, 2.24) is 4.72 Å². The maximum Gasteiger partial charge on any atom is 0.216 e. The van der Waals surface area contributed by atoms with Crippen LogP contribution < -0.4 is 10.5 Å². The van der Waals surface area contributed by atoms with E-state index in [1.807, 2.05) is 38.1 Å². The van der Waals surface area contributed by atoms with E-state index in [1.54, 1.807) is 0 Å². The Hall–Kier alpha value is -0.910. The molecule has 18 heavy (non-hydrogen) atoms. The van der Waals surface area contributed by atoms with Crippen LogP contribution in [0.2, 0.25) is 0 Å². The van der Waals surface area contributed by atoms with Gasteiger partial charge in [-0.15, -0.1) is 0 Å². The number of nitrogens with two attached hydrogens (primary N) is 1. The minimum Gasteiger partial charge on any atom is -0.326 e. The lowest BCUT2D eigenvalue weighted by atomic mass is 10.1. The lowest BCUT2D eigenvalue weighted by Crippen LogP contribution is -2.33. The molecule has 1 rings (SSSR count). The summed E-state index contributed by atoms with van der Waals surface area (Å²) in [6, 6.07) is 7.36. The van der Waals surface area contributed by atoms with E-state index in [1.165, 1.54) is 0 Å². The number of hydrogen-bond acceptors (Lipinski definition) is 3. The smallest absolute Gasteiger partial charge is 0.216 e. The molecule has 0 amide bonds. The lowest BCUT2D eigenvalue weighted by Gasteiger charge is -2.13. The van der Waals surface area contributed by atoms with Crippen molar-refractivity contribution in [2.24, 2.45) is 5.73 Å². The van der Waals surface area contributed by atoms with E-state index >= 15 is 0 Å². The topological polar surface area (TPSA) is 72.2 Å². The van der Waals surface area contributed by atoms with Gasteiger partial charge in [0.15, 0.2) is 0 Å². The van der Waals surface area contributed by atoms with Gasteiger partial charge in [-0.25, -0.2) is 13.1 Å². The second-order valence-corrected chi connectivity index (χ2v) is 6.34. The highest BCUT2D eigenvalue weighted by Crippen LogP contribution is 2.09. The van der Waals surface area contributed by atoms with Gasteiger partial charge in [-0.2, -0.15) is 0 Å². The highest BCUT2D eigenvalue weighted by molar-refractivity contribution is 7.88. The third-order valence-electron chi connectivity index (χ3n) is 2.69. The molecule has 3 N–H and O–H groups in total. The third kappa shape index (κ3) is 5.16. The van der Waals surface area contributed by atoms with Crippen LogP contribution in [0.25, 0.3) is 0 Å².